The number of esters is 1. The summed E-state index contributed by atoms with van der Waals surface area (Å²) in [6.07, 6.45) is -4.54. The van der Waals surface area contributed by atoms with E-state index in [-0.39, 0.29) is 17.4 Å². The van der Waals surface area contributed by atoms with E-state index in [0.717, 1.165) is 23.1 Å². The van der Waals surface area contributed by atoms with Gasteiger partial charge in [-0.1, -0.05) is 6.08 Å². The van der Waals surface area contributed by atoms with Crippen LogP contribution in [0.15, 0.2) is 42.7 Å². The number of ether oxygens (including phenoxy) is 4. The zero-order chi connectivity index (χ0) is 27.8. The molecule has 1 aromatic heterocycles. The van der Waals surface area contributed by atoms with Gasteiger partial charge in [-0.2, -0.15) is 0 Å². The summed E-state index contributed by atoms with van der Waals surface area (Å²) in [7, 11) is 1.27. The number of aliphatic hydroxyl groups excluding tert-OH is 4. The molecule has 1 saturated heterocycles. The van der Waals surface area contributed by atoms with Crippen LogP contribution in [0.2, 0.25) is 0 Å². The number of aromatic amines is 1. The van der Waals surface area contributed by atoms with Crippen molar-refractivity contribution in [1.82, 2.24) is 10.3 Å². The van der Waals surface area contributed by atoms with Gasteiger partial charge < -0.3 is 49.7 Å². The third-order valence-corrected chi connectivity index (χ3v) is 7.82. The Balaban J connectivity index is 1.43. The summed E-state index contributed by atoms with van der Waals surface area (Å²) < 4.78 is 36.0. The lowest BCUT2D eigenvalue weighted by Crippen LogP contribution is -2.60. The monoisotopic (exact) mass is 548 g/mol. The smallest absolute Gasteiger partial charge is 0.337 e. The molecule has 2 aromatic rings. The minimum absolute atomic E-state index is 0.240. The van der Waals surface area contributed by atoms with Crippen LogP contribution in [0, 0.1) is 17.7 Å². The highest BCUT2D eigenvalue weighted by Crippen LogP contribution is 2.42. The molecule has 0 saturated carbocycles. The molecule has 39 heavy (non-hydrogen) atoms. The van der Waals surface area contributed by atoms with Crippen LogP contribution in [0.4, 0.5) is 4.39 Å². The predicted molar refractivity (Wildman–Crippen MR) is 134 cm³/mol. The first kappa shape index (κ1) is 27.7. The molecule has 0 radical (unpaired) electrons. The van der Waals surface area contributed by atoms with Crippen molar-refractivity contribution in [2.45, 2.75) is 55.9 Å². The number of H-pyrrole nitrogens is 1. The number of methoxy groups -OCH3 is 1. The molecule has 3 aliphatic rings. The standard InChI is InChI=1S/C27H33FN2O9/c1-3-13-16(9-19-21-15(6-7-29-19)14-5-4-12(28)8-18(14)30-21)17(25(35)36-2)11-37-26(13)39-27-24(34)23(33)22(32)20(10-31)38-27/h3-5,8,11,13,16,19-20,22-24,26-27,29-34H,1,6-7,9-10H2,2H3/t13-,16+,19+,20?,22?,23?,24?,26+,27?/m1/s1. The molecule has 3 aliphatic heterocycles. The van der Waals surface area contributed by atoms with Gasteiger partial charge in [0.05, 0.1) is 25.6 Å². The van der Waals surface area contributed by atoms with Crippen molar-refractivity contribution < 1.29 is 48.6 Å². The fourth-order valence-electron chi connectivity index (χ4n) is 5.77. The van der Waals surface area contributed by atoms with Gasteiger partial charge in [0.1, 0.15) is 30.2 Å². The van der Waals surface area contributed by atoms with E-state index in [0.29, 0.717) is 18.5 Å². The van der Waals surface area contributed by atoms with E-state index in [4.69, 9.17) is 18.9 Å². The predicted octanol–water partition coefficient (Wildman–Crippen LogP) is 0.532. The largest absolute Gasteiger partial charge is 0.471 e. The summed E-state index contributed by atoms with van der Waals surface area (Å²) in [6.45, 7) is 3.98. The lowest BCUT2D eigenvalue weighted by Gasteiger charge is -2.43. The second kappa shape index (κ2) is 11.3. The Kier molecular flexibility index (Phi) is 8.06. The first-order valence-electron chi connectivity index (χ1n) is 12.8. The van der Waals surface area contributed by atoms with Crippen LogP contribution in [0.1, 0.15) is 23.7 Å². The number of hydrogen-bond acceptors (Lipinski definition) is 10. The van der Waals surface area contributed by atoms with Crippen molar-refractivity contribution in [3.8, 4) is 0 Å². The first-order valence-corrected chi connectivity index (χ1v) is 12.8. The maximum absolute atomic E-state index is 13.9. The van der Waals surface area contributed by atoms with Crippen LogP contribution < -0.4 is 5.32 Å². The number of hydrogen-bond donors (Lipinski definition) is 6. The number of aliphatic hydroxyl groups is 4. The number of nitrogens with one attached hydrogen (secondary N) is 2. The average Bonchev–Trinajstić information content (AvgIpc) is 3.31. The molecule has 5 unspecified atom stereocenters. The molecule has 0 amide bonds. The van der Waals surface area contributed by atoms with Gasteiger partial charge in [-0.3, -0.25) is 0 Å². The fourth-order valence-corrected chi connectivity index (χ4v) is 5.77. The SMILES string of the molecule is C=C[C@H]1[C@H](OC2OC(CO)C(O)C(O)C2O)OC=C(C(=O)OC)[C@H]1C[C@@H]1NCCc2c1[nH]c1cc(F)ccc21. The molecule has 5 rings (SSSR count). The maximum Gasteiger partial charge on any atom is 0.337 e. The number of rotatable bonds is 7. The Bertz CT molecular complexity index is 1250. The highest BCUT2D eigenvalue weighted by atomic mass is 19.1. The first-order chi connectivity index (χ1) is 18.8. The Morgan fingerprint density at radius 3 is 2.74 bits per heavy atom. The third kappa shape index (κ3) is 5.09. The number of benzene rings is 1. The molecule has 0 aliphatic carbocycles. The van der Waals surface area contributed by atoms with Gasteiger partial charge in [-0.15, -0.1) is 6.58 Å². The van der Waals surface area contributed by atoms with E-state index < -0.39 is 61.4 Å². The molecule has 0 bridgehead atoms. The van der Waals surface area contributed by atoms with E-state index in [9.17, 15) is 29.6 Å². The summed E-state index contributed by atoms with van der Waals surface area (Å²) in [6, 6.07) is 4.40. The zero-order valence-electron chi connectivity index (χ0n) is 21.3. The van der Waals surface area contributed by atoms with E-state index in [1.807, 2.05) is 0 Å². The zero-order valence-corrected chi connectivity index (χ0v) is 21.3. The molecule has 212 valence electrons. The minimum Gasteiger partial charge on any atom is -0.471 e. The van der Waals surface area contributed by atoms with Gasteiger partial charge in [0.25, 0.3) is 0 Å². The number of aromatic nitrogens is 1. The van der Waals surface area contributed by atoms with Crippen molar-refractivity contribution in [2.24, 2.45) is 11.8 Å². The molecular weight excluding hydrogens is 515 g/mol. The molecule has 4 heterocycles. The number of fused-ring (bicyclic) bond motifs is 3. The second-order valence-electron chi connectivity index (χ2n) is 10.0. The van der Waals surface area contributed by atoms with Crippen molar-refractivity contribution in [1.29, 1.82) is 0 Å². The highest BCUT2D eigenvalue weighted by Gasteiger charge is 2.48. The Hall–Kier alpha value is -2.84. The fraction of sp³-hybridized carbons (Fsp3) is 0.519. The summed E-state index contributed by atoms with van der Waals surface area (Å²) in [4.78, 5) is 16.1. The summed E-state index contributed by atoms with van der Waals surface area (Å²) in [5.74, 6) is -2.09. The minimum atomic E-state index is -1.63. The number of halogens is 1. The Labute approximate surface area is 223 Å². The van der Waals surface area contributed by atoms with Crippen molar-refractivity contribution in [2.75, 3.05) is 20.3 Å². The average molecular weight is 549 g/mol. The van der Waals surface area contributed by atoms with E-state index >= 15 is 0 Å². The number of carbonyl (C=O) groups excluding carboxylic acids is 1. The molecule has 1 fully saturated rings. The summed E-state index contributed by atoms with van der Waals surface area (Å²) >= 11 is 0. The molecule has 9 atom stereocenters. The van der Waals surface area contributed by atoms with Gasteiger partial charge in [-0.05, 0) is 43.1 Å². The molecular formula is C27H33FN2O9. The van der Waals surface area contributed by atoms with Gasteiger partial charge in [0.2, 0.25) is 6.29 Å². The van der Waals surface area contributed by atoms with E-state index in [1.54, 1.807) is 12.1 Å². The van der Waals surface area contributed by atoms with E-state index in [1.165, 1.54) is 25.5 Å². The highest BCUT2D eigenvalue weighted by molar-refractivity contribution is 5.89. The van der Waals surface area contributed by atoms with Gasteiger partial charge >= 0.3 is 5.97 Å². The van der Waals surface area contributed by atoms with Crippen LogP contribution >= 0.6 is 0 Å². The van der Waals surface area contributed by atoms with Crippen LogP contribution in [0.3, 0.4) is 0 Å². The molecule has 6 N–H and O–H groups in total. The van der Waals surface area contributed by atoms with Gasteiger partial charge in [-0.25, -0.2) is 9.18 Å². The second-order valence-corrected chi connectivity index (χ2v) is 10.0. The van der Waals surface area contributed by atoms with Crippen molar-refractivity contribution in [3.05, 3.63) is 59.8 Å². The molecule has 12 heteroatoms. The summed E-state index contributed by atoms with van der Waals surface area (Å²) in [5, 5.41) is 44.6. The third-order valence-electron chi connectivity index (χ3n) is 7.82. The lowest BCUT2D eigenvalue weighted by molar-refractivity contribution is -0.339. The van der Waals surface area contributed by atoms with Crippen LogP contribution in [-0.2, 0) is 30.2 Å². The molecule has 11 nitrogen and oxygen atoms in total. The molecule has 1 aromatic carbocycles. The number of carbonyl (C=O) groups is 1. The van der Waals surface area contributed by atoms with E-state index in [2.05, 4.69) is 16.9 Å². The van der Waals surface area contributed by atoms with Crippen molar-refractivity contribution in [3.63, 3.8) is 0 Å². The van der Waals surface area contributed by atoms with Crippen molar-refractivity contribution >= 4 is 16.9 Å². The van der Waals surface area contributed by atoms with Gasteiger partial charge in [0, 0.05) is 34.5 Å². The Morgan fingerprint density at radius 1 is 1.23 bits per heavy atom. The van der Waals surface area contributed by atoms with Crippen LogP contribution in [0.5, 0.6) is 0 Å². The lowest BCUT2D eigenvalue weighted by atomic mass is 9.78. The van der Waals surface area contributed by atoms with Crippen LogP contribution in [0.25, 0.3) is 10.9 Å². The van der Waals surface area contributed by atoms with Crippen LogP contribution in [-0.4, -0.2) is 88.6 Å². The molecule has 0 spiro atoms. The van der Waals surface area contributed by atoms with Gasteiger partial charge in [0.15, 0.2) is 6.29 Å². The summed E-state index contributed by atoms with van der Waals surface area (Å²) in [5.41, 5.74) is 2.92. The topological polar surface area (TPSA) is 163 Å². The maximum atomic E-state index is 13.9. The quantitative estimate of drug-likeness (QED) is 0.213. The normalized spacial score (nSPS) is 34.6. The Morgan fingerprint density at radius 2 is 2.03 bits per heavy atom.